The van der Waals surface area contributed by atoms with Gasteiger partial charge in [0.15, 0.2) is 9.70 Å². The predicted octanol–water partition coefficient (Wildman–Crippen LogP) is 2.65. The van der Waals surface area contributed by atoms with Gasteiger partial charge in [-0.25, -0.2) is 4.68 Å². The van der Waals surface area contributed by atoms with Gasteiger partial charge in [-0.3, -0.25) is 10.2 Å². The van der Waals surface area contributed by atoms with Gasteiger partial charge in [0.05, 0.1) is 0 Å². The first-order chi connectivity index (χ1) is 7.66. The Labute approximate surface area is 121 Å². The molecule has 1 heterocycles. The molecule has 0 saturated carbocycles. The summed E-state index contributed by atoms with van der Waals surface area (Å²) in [4.78, 5) is 12.1. The molecule has 1 N–H and O–H groups in total. The Hall–Kier alpha value is -0.790. The van der Waals surface area contributed by atoms with Crippen LogP contribution in [0.25, 0.3) is 0 Å². The molecule has 0 bridgehead atoms. The fraction of sp³-hybridized carbons (Fsp3) is 0.100. The average Bonchev–Trinajstić information content (AvgIpc) is 2.59. The van der Waals surface area contributed by atoms with Crippen molar-refractivity contribution in [3.63, 3.8) is 0 Å². The fourth-order valence-electron chi connectivity index (χ4n) is 1.25. The van der Waals surface area contributed by atoms with Crippen molar-refractivity contribution in [3.8, 4) is 0 Å². The number of Topliss-reactive ketones (excluding diaryl/α,β-unsaturated/α-hetero) is 1. The van der Waals surface area contributed by atoms with Gasteiger partial charge in [0.2, 0.25) is 4.80 Å². The zero-order valence-corrected chi connectivity index (χ0v) is 12.7. The summed E-state index contributed by atoms with van der Waals surface area (Å²) in [5.41, 5.74) is 0.638. The van der Waals surface area contributed by atoms with Crippen molar-refractivity contribution in [2.45, 2.75) is 6.54 Å². The van der Waals surface area contributed by atoms with E-state index in [9.17, 15) is 4.79 Å². The van der Waals surface area contributed by atoms with Gasteiger partial charge in [-0.15, -0.1) is 17.0 Å². The smallest absolute Gasteiger partial charge is 0.201 e. The fourth-order valence-corrected chi connectivity index (χ4v) is 2.41. The molecule has 2 aromatic rings. The Morgan fingerprint density at radius 1 is 1.41 bits per heavy atom. The van der Waals surface area contributed by atoms with E-state index in [4.69, 9.17) is 5.41 Å². The predicted molar refractivity (Wildman–Crippen MR) is 74.8 cm³/mol. The summed E-state index contributed by atoms with van der Waals surface area (Å²) in [6, 6.07) is 9.01. The number of hydrogen-bond acceptors (Lipinski definition) is 4. The summed E-state index contributed by atoms with van der Waals surface area (Å²) in [7, 11) is 0. The number of nitrogens with one attached hydrogen (secondary N) is 1. The Morgan fingerprint density at radius 3 is 2.59 bits per heavy atom. The second-order valence-electron chi connectivity index (χ2n) is 3.11. The Bertz CT molecular complexity index is 564. The van der Waals surface area contributed by atoms with Crippen molar-refractivity contribution in [2.75, 3.05) is 0 Å². The summed E-state index contributed by atoms with van der Waals surface area (Å²) in [6.45, 7) is 0.102. The van der Waals surface area contributed by atoms with Crippen molar-refractivity contribution < 1.29 is 4.79 Å². The average molecular weight is 379 g/mol. The highest BCUT2D eigenvalue weighted by atomic mass is 79.9. The topological polar surface area (TPSA) is 58.7 Å². The first-order valence-electron chi connectivity index (χ1n) is 4.53. The van der Waals surface area contributed by atoms with Crippen LogP contribution < -0.4 is 4.80 Å². The highest BCUT2D eigenvalue weighted by Gasteiger charge is 2.08. The molecule has 0 aliphatic heterocycles. The van der Waals surface area contributed by atoms with E-state index in [1.54, 1.807) is 12.1 Å². The Kier molecular flexibility index (Phi) is 5.23. The van der Waals surface area contributed by atoms with Crippen molar-refractivity contribution in [1.82, 2.24) is 9.78 Å². The molecule has 0 spiro atoms. The maximum Gasteiger partial charge on any atom is 0.201 e. The zero-order valence-electron chi connectivity index (χ0n) is 8.59. The molecule has 0 fully saturated rings. The van der Waals surface area contributed by atoms with Crippen LogP contribution in [0, 0.1) is 5.41 Å². The largest absolute Gasteiger partial charge is 0.292 e. The molecule has 0 atom stereocenters. The van der Waals surface area contributed by atoms with Crippen molar-refractivity contribution in [3.05, 3.63) is 44.6 Å². The number of ketones is 1. The molecule has 4 nitrogen and oxygen atoms in total. The van der Waals surface area contributed by atoms with Gasteiger partial charge >= 0.3 is 0 Å². The molecular weight excluding hydrogens is 370 g/mol. The second kappa shape index (κ2) is 6.23. The second-order valence-corrected chi connectivity index (χ2v) is 5.36. The molecule has 0 amide bonds. The lowest BCUT2D eigenvalue weighted by Gasteiger charge is -2.00. The highest BCUT2D eigenvalue weighted by Crippen LogP contribution is 2.08. The number of carbonyl (C=O) groups is 1. The van der Waals surface area contributed by atoms with Crippen molar-refractivity contribution in [1.29, 1.82) is 5.41 Å². The van der Waals surface area contributed by atoms with Crippen LogP contribution in [-0.4, -0.2) is 15.6 Å². The minimum atomic E-state index is -0.0445. The lowest BCUT2D eigenvalue weighted by Crippen LogP contribution is -2.20. The van der Waals surface area contributed by atoms with Crippen LogP contribution in [0.3, 0.4) is 0 Å². The van der Waals surface area contributed by atoms with Crippen LogP contribution in [0.5, 0.6) is 0 Å². The lowest BCUT2D eigenvalue weighted by molar-refractivity contribution is 0.0966. The van der Waals surface area contributed by atoms with E-state index >= 15 is 0 Å². The standard InChI is InChI=1S/C10H8BrN3OS.BrH/c11-9-13-14(10(12)16-9)6-8(15)7-4-2-1-3-5-7;/h1-5,12H,6H2;1H. The summed E-state index contributed by atoms with van der Waals surface area (Å²) in [6.07, 6.45) is 0. The van der Waals surface area contributed by atoms with Gasteiger partial charge in [-0.2, -0.15) is 5.10 Å². The number of halogens is 2. The minimum absolute atomic E-state index is 0. The van der Waals surface area contributed by atoms with E-state index in [0.717, 1.165) is 0 Å². The van der Waals surface area contributed by atoms with Gasteiger partial charge in [0.25, 0.3) is 0 Å². The lowest BCUT2D eigenvalue weighted by atomic mass is 10.1. The molecular formula is C10H9Br2N3OS. The summed E-state index contributed by atoms with van der Waals surface area (Å²) in [5.74, 6) is -0.0445. The molecule has 0 aliphatic rings. The van der Waals surface area contributed by atoms with E-state index in [1.165, 1.54) is 16.0 Å². The maximum absolute atomic E-state index is 11.8. The van der Waals surface area contributed by atoms with Crippen LogP contribution in [0.15, 0.2) is 34.2 Å². The van der Waals surface area contributed by atoms with Crippen molar-refractivity contribution >= 4 is 50.0 Å². The third kappa shape index (κ3) is 3.58. The Balaban J connectivity index is 0.00000144. The molecule has 7 heteroatoms. The van der Waals surface area contributed by atoms with Gasteiger partial charge < -0.3 is 0 Å². The van der Waals surface area contributed by atoms with E-state index in [0.29, 0.717) is 9.48 Å². The van der Waals surface area contributed by atoms with Crippen LogP contribution in [0.1, 0.15) is 10.4 Å². The molecule has 0 aliphatic carbocycles. The number of hydrogen-bond donors (Lipinski definition) is 1. The van der Waals surface area contributed by atoms with Crippen LogP contribution in [0.2, 0.25) is 0 Å². The molecule has 0 saturated heterocycles. The van der Waals surface area contributed by atoms with E-state index in [2.05, 4.69) is 21.0 Å². The first-order valence-corrected chi connectivity index (χ1v) is 6.14. The molecule has 90 valence electrons. The van der Waals surface area contributed by atoms with Gasteiger partial charge in [0.1, 0.15) is 6.54 Å². The third-order valence-electron chi connectivity index (χ3n) is 2.00. The van der Waals surface area contributed by atoms with E-state index in [-0.39, 0.29) is 34.1 Å². The van der Waals surface area contributed by atoms with Crippen LogP contribution in [-0.2, 0) is 6.54 Å². The number of carbonyl (C=O) groups excluding carboxylic acids is 1. The van der Waals surface area contributed by atoms with Gasteiger partial charge in [-0.1, -0.05) is 41.7 Å². The molecule has 1 aromatic heterocycles. The monoisotopic (exact) mass is 377 g/mol. The van der Waals surface area contributed by atoms with Crippen LogP contribution in [0.4, 0.5) is 0 Å². The van der Waals surface area contributed by atoms with Crippen molar-refractivity contribution in [2.24, 2.45) is 0 Å². The van der Waals surface area contributed by atoms with E-state index < -0.39 is 0 Å². The molecule has 17 heavy (non-hydrogen) atoms. The molecule has 1 aromatic carbocycles. The number of nitrogens with zero attached hydrogens (tertiary/aromatic N) is 2. The number of benzene rings is 1. The summed E-state index contributed by atoms with van der Waals surface area (Å²) in [5, 5.41) is 11.6. The van der Waals surface area contributed by atoms with Crippen LogP contribution >= 0.6 is 44.2 Å². The maximum atomic E-state index is 11.8. The third-order valence-corrected chi connectivity index (χ3v) is 3.30. The molecule has 0 unspecified atom stereocenters. The quantitative estimate of drug-likeness (QED) is 0.834. The Morgan fingerprint density at radius 2 is 2.06 bits per heavy atom. The number of rotatable bonds is 3. The minimum Gasteiger partial charge on any atom is -0.292 e. The van der Waals surface area contributed by atoms with Gasteiger partial charge in [-0.05, 0) is 15.9 Å². The molecule has 2 rings (SSSR count). The van der Waals surface area contributed by atoms with E-state index in [1.807, 2.05) is 18.2 Å². The highest BCUT2D eigenvalue weighted by molar-refractivity contribution is 9.11. The molecule has 0 radical (unpaired) electrons. The normalized spacial score (nSPS) is 9.71. The van der Waals surface area contributed by atoms with Gasteiger partial charge in [0, 0.05) is 5.56 Å². The zero-order chi connectivity index (χ0) is 11.5. The summed E-state index contributed by atoms with van der Waals surface area (Å²) < 4.78 is 1.99. The first kappa shape index (κ1) is 14.3. The SMILES string of the molecule is Br.N=c1sc(Br)nn1CC(=O)c1ccccc1. The number of aromatic nitrogens is 2. The summed E-state index contributed by atoms with van der Waals surface area (Å²) >= 11 is 4.37.